The number of ether oxygens (including phenoxy) is 1. The average molecular weight is 314 g/mol. The molecule has 0 bridgehead atoms. The average Bonchev–Trinajstić information content (AvgIpc) is 3.02. The summed E-state index contributed by atoms with van der Waals surface area (Å²) in [6, 6.07) is 6.28. The molecule has 0 radical (unpaired) electrons. The predicted molar refractivity (Wildman–Crippen MR) is 77.2 cm³/mol. The minimum absolute atomic E-state index is 0.0392. The van der Waals surface area contributed by atoms with Gasteiger partial charge >= 0.3 is 0 Å². The highest BCUT2D eigenvalue weighted by molar-refractivity contribution is 7.89. The van der Waals surface area contributed by atoms with Crippen LogP contribution in [0.2, 0.25) is 0 Å². The topological polar surface area (TPSA) is 58.6 Å². The third-order valence-corrected chi connectivity index (χ3v) is 5.93. The number of sulfonamides is 1. The minimum Gasteiger partial charge on any atom is -0.489 e. The molecule has 0 saturated carbocycles. The van der Waals surface area contributed by atoms with E-state index in [1.54, 1.807) is 12.1 Å². The Morgan fingerprint density at radius 3 is 2.90 bits per heavy atom. The quantitative estimate of drug-likeness (QED) is 0.874. The van der Waals surface area contributed by atoms with Gasteiger partial charge in [0.25, 0.3) is 0 Å². The van der Waals surface area contributed by atoms with Gasteiger partial charge in [-0.2, -0.15) is 4.31 Å². The van der Waals surface area contributed by atoms with Gasteiger partial charge < -0.3 is 10.1 Å². The molecular weight excluding hydrogens is 295 g/mol. The Balaban J connectivity index is 1.54. The molecule has 3 rings (SSSR count). The van der Waals surface area contributed by atoms with Gasteiger partial charge in [0.2, 0.25) is 10.0 Å². The number of fused-ring (bicyclic) bond motifs is 1. The summed E-state index contributed by atoms with van der Waals surface area (Å²) in [5.41, 5.74) is 0. The minimum atomic E-state index is -3.34. The molecule has 1 aromatic carbocycles. The fourth-order valence-corrected chi connectivity index (χ4v) is 4.34. The maximum atomic E-state index is 13.4. The highest BCUT2D eigenvalue weighted by atomic mass is 32.2. The summed E-state index contributed by atoms with van der Waals surface area (Å²) in [5.74, 6) is -0.0875. The molecule has 0 spiro atoms. The van der Waals surface area contributed by atoms with E-state index < -0.39 is 15.8 Å². The van der Waals surface area contributed by atoms with E-state index in [-0.39, 0.29) is 24.2 Å². The van der Waals surface area contributed by atoms with Crippen molar-refractivity contribution in [2.75, 3.05) is 32.0 Å². The molecule has 2 fully saturated rings. The van der Waals surface area contributed by atoms with E-state index in [0.29, 0.717) is 19.0 Å². The number of hydrogen-bond donors (Lipinski definition) is 1. The lowest BCUT2D eigenvalue weighted by Crippen LogP contribution is -2.36. The van der Waals surface area contributed by atoms with Crippen molar-refractivity contribution < 1.29 is 17.5 Å². The summed E-state index contributed by atoms with van der Waals surface area (Å²) in [6.07, 6.45) is 1.03. The van der Waals surface area contributed by atoms with Gasteiger partial charge in [0.15, 0.2) is 11.6 Å². The number of hydrogen-bond acceptors (Lipinski definition) is 4. The molecule has 2 aliphatic heterocycles. The van der Waals surface area contributed by atoms with Crippen molar-refractivity contribution in [3.8, 4) is 5.75 Å². The third-order valence-electron chi connectivity index (χ3n) is 4.16. The first-order valence-corrected chi connectivity index (χ1v) is 8.76. The largest absolute Gasteiger partial charge is 0.489 e. The summed E-state index contributed by atoms with van der Waals surface area (Å²) >= 11 is 0. The van der Waals surface area contributed by atoms with Crippen molar-refractivity contribution >= 4 is 10.0 Å². The Labute approximate surface area is 124 Å². The third kappa shape index (κ3) is 3.20. The van der Waals surface area contributed by atoms with Crippen LogP contribution in [0.1, 0.15) is 6.42 Å². The highest BCUT2D eigenvalue weighted by Crippen LogP contribution is 2.26. The lowest BCUT2D eigenvalue weighted by atomic mass is 10.1. The van der Waals surface area contributed by atoms with Crippen LogP contribution in [-0.2, 0) is 10.0 Å². The van der Waals surface area contributed by atoms with Crippen LogP contribution < -0.4 is 10.1 Å². The standard InChI is InChI=1S/C14H19FN2O3S/c15-12-3-1-2-4-14(12)20-7-8-21(18,19)17-9-11-5-6-16-13(11)10-17/h1-4,11,13,16H,5-10H2/t11-,13+/m0/s1. The maximum absolute atomic E-state index is 13.4. The first kappa shape index (κ1) is 14.7. The second-order valence-corrected chi connectivity index (χ2v) is 7.61. The fraction of sp³-hybridized carbons (Fsp3) is 0.571. The van der Waals surface area contributed by atoms with Crippen molar-refractivity contribution in [3.63, 3.8) is 0 Å². The van der Waals surface area contributed by atoms with Gasteiger partial charge in [-0.15, -0.1) is 0 Å². The summed E-state index contributed by atoms with van der Waals surface area (Å²) in [6.45, 7) is 2.05. The Bertz CT molecular complexity index is 596. The zero-order chi connectivity index (χ0) is 14.9. The van der Waals surface area contributed by atoms with E-state index in [4.69, 9.17) is 4.74 Å². The highest BCUT2D eigenvalue weighted by Gasteiger charge is 2.40. The fourth-order valence-electron chi connectivity index (χ4n) is 2.98. The van der Waals surface area contributed by atoms with Crippen molar-refractivity contribution in [2.45, 2.75) is 12.5 Å². The van der Waals surface area contributed by atoms with Crippen molar-refractivity contribution in [1.29, 1.82) is 0 Å². The van der Waals surface area contributed by atoms with E-state index >= 15 is 0 Å². The van der Waals surface area contributed by atoms with Crippen molar-refractivity contribution in [2.24, 2.45) is 5.92 Å². The van der Waals surface area contributed by atoms with Gasteiger partial charge in [0.05, 0.1) is 5.75 Å². The van der Waals surface area contributed by atoms with E-state index in [2.05, 4.69) is 5.32 Å². The molecule has 116 valence electrons. The molecule has 2 aliphatic rings. The molecule has 2 saturated heterocycles. The zero-order valence-electron chi connectivity index (χ0n) is 11.7. The molecule has 0 amide bonds. The van der Waals surface area contributed by atoms with Crippen molar-refractivity contribution in [3.05, 3.63) is 30.1 Å². The van der Waals surface area contributed by atoms with Gasteiger partial charge in [-0.05, 0) is 31.0 Å². The first-order chi connectivity index (χ1) is 10.1. The van der Waals surface area contributed by atoms with Crippen LogP contribution in [0.4, 0.5) is 4.39 Å². The van der Waals surface area contributed by atoms with Crippen LogP contribution in [0.15, 0.2) is 24.3 Å². The van der Waals surface area contributed by atoms with Gasteiger partial charge in [-0.3, -0.25) is 0 Å². The summed E-state index contributed by atoms with van der Waals surface area (Å²) in [7, 11) is -3.34. The molecule has 2 atom stereocenters. The van der Waals surface area contributed by atoms with Gasteiger partial charge in [-0.25, -0.2) is 12.8 Å². The van der Waals surface area contributed by atoms with E-state index in [0.717, 1.165) is 13.0 Å². The SMILES string of the molecule is O=S(=O)(CCOc1ccccc1F)N1C[C@@H]2CCN[C@@H]2C1. The van der Waals surface area contributed by atoms with E-state index in [1.165, 1.54) is 16.4 Å². The molecule has 21 heavy (non-hydrogen) atoms. The summed E-state index contributed by atoms with van der Waals surface area (Å²) < 4.78 is 44.7. The monoisotopic (exact) mass is 314 g/mol. The smallest absolute Gasteiger partial charge is 0.217 e. The van der Waals surface area contributed by atoms with Gasteiger partial charge in [0.1, 0.15) is 6.61 Å². The number of benzene rings is 1. The predicted octanol–water partition coefficient (Wildman–Crippen LogP) is 0.828. The van der Waals surface area contributed by atoms with Crippen LogP contribution in [0.3, 0.4) is 0 Å². The van der Waals surface area contributed by atoms with E-state index in [9.17, 15) is 12.8 Å². The Morgan fingerprint density at radius 1 is 1.33 bits per heavy atom. The molecule has 1 aromatic rings. The molecular formula is C14H19FN2O3S. The first-order valence-electron chi connectivity index (χ1n) is 7.15. The number of nitrogens with zero attached hydrogens (tertiary/aromatic N) is 1. The lowest BCUT2D eigenvalue weighted by molar-refractivity contribution is 0.318. The van der Waals surface area contributed by atoms with Crippen LogP contribution in [0, 0.1) is 11.7 Å². The molecule has 0 aliphatic carbocycles. The number of rotatable bonds is 5. The second-order valence-electron chi connectivity index (χ2n) is 5.52. The maximum Gasteiger partial charge on any atom is 0.217 e. The molecule has 1 N–H and O–H groups in total. The van der Waals surface area contributed by atoms with Crippen LogP contribution >= 0.6 is 0 Å². The number of para-hydroxylation sites is 1. The van der Waals surface area contributed by atoms with Gasteiger partial charge in [0, 0.05) is 19.1 Å². The van der Waals surface area contributed by atoms with Crippen LogP contribution in [0.5, 0.6) is 5.75 Å². The van der Waals surface area contributed by atoms with E-state index in [1.807, 2.05) is 0 Å². The second kappa shape index (κ2) is 5.90. The van der Waals surface area contributed by atoms with Crippen LogP contribution in [-0.4, -0.2) is 50.8 Å². The Kier molecular flexibility index (Phi) is 4.14. The number of nitrogens with one attached hydrogen (secondary N) is 1. The summed E-state index contributed by atoms with van der Waals surface area (Å²) in [5, 5.41) is 3.32. The number of halogens is 1. The lowest BCUT2D eigenvalue weighted by Gasteiger charge is -2.17. The molecule has 5 nitrogen and oxygen atoms in total. The Morgan fingerprint density at radius 2 is 2.14 bits per heavy atom. The molecule has 0 unspecified atom stereocenters. The molecule has 0 aromatic heterocycles. The Hall–Kier alpha value is -1.18. The van der Waals surface area contributed by atoms with Crippen molar-refractivity contribution in [1.82, 2.24) is 9.62 Å². The van der Waals surface area contributed by atoms with Crippen LogP contribution in [0.25, 0.3) is 0 Å². The van der Waals surface area contributed by atoms with Gasteiger partial charge in [-0.1, -0.05) is 12.1 Å². The normalized spacial score (nSPS) is 26.0. The molecule has 7 heteroatoms. The molecule has 2 heterocycles. The zero-order valence-corrected chi connectivity index (χ0v) is 12.5. The summed E-state index contributed by atoms with van der Waals surface area (Å²) in [4.78, 5) is 0.